The lowest BCUT2D eigenvalue weighted by Gasteiger charge is -2.57. The van der Waals surface area contributed by atoms with E-state index in [1.165, 1.54) is 17.5 Å². The van der Waals surface area contributed by atoms with Crippen molar-refractivity contribution in [3.05, 3.63) is 71.8 Å². The Morgan fingerprint density at radius 1 is 0.885 bits per heavy atom. The molecular formula is C24H31NO. The first kappa shape index (κ1) is 17.8. The van der Waals surface area contributed by atoms with Crippen LogP contribution in [0.3, 0.4) is 0 Å². The lowest BCUT2D eigenvalue weighted by molar-refractivity contribution is -0.106. The van der Waals surface area contributed by atoms with Gasteiger partial charge in [0, 0.05) is 30.5 Å². The molecule has 0 radical (unpaired) electrons. The van der Waals surface area contributed by atoms with Crippen LogP contribution in [0.25, 0.3) is 0 Å². The van der Waals surface area contributed by atoms with Crippen molar-refractivity contribution in [1.29, 1.82) is 0 Å². The summed E-state index contributed by atoms with van der Waals surface area (Å²) in [6.07, 6.45) is 4.84. The van der Waals surface area contributed by atoms with E-state index in [4.69, 9.17) is 0 Å². The molecule has 2 aliphatic heterocycles. The Kier molecular flexibility index (Phi) is 4.45. The standard InChI is InChI=1S/C24H31NO/c1-22(21-11-7-4-8-12-21)13-14-23(2)18-24(26,15-16-25(23)19-22)17-20-9-5-3-6-10-20/h3-12,26H,13-19H2,1-2H3. The third kappa shape index (κ3) is 3.33. The molecule has 3 atom stereocenters. The van der Waals surface area contributed by atoms with E-state index in [1.54, 1.807) is 0 Å². The number of rotatable bonds is 3. The first-order valence-electron chi connectivity index (χ1n) is 9.98. The smallest absolute Gasteiger partial charge is 0.0717 e. The SMILES string of the molecule is CC1(c2ccccc2)CCC2(C)CC(O)(Cc3ccccc3)CCN2C1. The average Bonchev–Trinajstić information content (AvgIpc) is 2.64. The number of fused-ring (bicyclic) bond motifs is 1. The van der Waals surface area contributed by atoms with Gasteiger partial charge in [0.2, 0.25) is 0 Å². The molecular weight excluding hydrogens is 318 g/mol. The number of nitrogens with zero attached hydrogens (tertiary/aromatic N) is 1. The largest absolute Gasteiger partial charge is 0.389 e. The second-order valence-corrected chi connectivity index (χ2v) is 9.16. The first-order valence-corrected chi connectivity index (χ1v) is 9.98. The molecule has 2 heteroatoms. The van der Waals surface area contributed by atoms with Gasteiger partial charge in [0.1, 0.15) is 0 Å². The van der Waals surface area contributed by atoms with Crippen LogP contribution in [0.5, 0.6) is 0 Å². The Morgan fingerprint density at radius 3 is 2.23 bits per heavy atom. The van der Waals surface area contributed by atoms with E-state index in [-0.39, 0.29) is 11.0 Å². The topological polar surface area (TPSA) is 23.5 Å². The van der Waals surface area contributed by atoms with E-state index in [1.807, 2.05) is 6.07 Å². The normalized spacial score (nSPS) is 35.0. The summed E-state index contributed by atoms with van der Waals surface area (Å²) in [6.45, 7) is 6.86. The van der Waals surface area contributed by atoms with Crippen LogP contribution in [-0.2, 0) is 11.8 Å². The molecule has 0 spiro atoms. The molecule has 2 aromatic carbocycles. The van der Waals surface area contributed by atoms with Crippen LogP contribution >= 0.6 is 0 Å². The van der Waals surface area contributed by atoms with Gasteiger partial charge in [0.15, 0.2) is 0 Å². The van der Waals surface area contributed by atoms with Gasteiger partial charge in [-0.15, -0.1) is 0 Å². The van der Waals surface area contributed by atoms with Crippen molar-refractivity contribution < 1.29 is 5.11 Å². The summed E-state index contributed by atoms with van der Waals surface area (Å²) < 4.78 is 0. The number of hydrogen-bond donors (Lipinski definition) is 1. The molecule has 2 aliphatic rings. The summed E-state index contributed by atoms with van der Waals surface area (Å²) >= 11 is 0. The van der Waals surface area contributed by atoms with Crippen LogP contribution in [-0.4, -0.2) is 34.2 Å². The third-order valence-electron chi connectivity index (χ3n) is 6.92. The van der Waals surface area contributed by atoms with Crippen molar-refractivity contribution in [2.75, 3.05) is 13.1 Å². The Labute approximate surface area is 157 Å². The highest BCUT2D eigenvalue weighted by Gasteiger charge is 2.50. The molecule has 3 unspecified atom stereocenters. The molecule has 0 bridgehead atoms. The Morgan fingerprint density at radius 2 is 1.54 bits per heavy atom. The second kappa shape index (κ2) is 6.51. The van der Waals surface area contributed by atoms with Gasteiger partial charge in [-0.05, 0) is 43.7 Å². The maximum absolute atomic E-state index is 11.3. The minimum absolute atomic E-state index is 0.107. The highest BCUT2D eigenvalue weighted by Crippen LogP contribution is 2.47. The fourth-order valence-corrected chi connectivity index (χ4v) is 5.29. The third-order valence-corrected chi connectivity index (χ3v) is 6.92. The molecule has 26 heavy (non-hydrogen) atoms. The quantitative estimate of drug-likeness (QED) is 0.878. The van der Waals surface area contributed by atoms with E-state index < -0.39 is 5.60 Å². The van der Waals surface area contributed by atoms with Crippen LogP contribution in [0.1, 0.15) is 50.7 Å². The lowest BCUT2D eigenvalue weighted by Crippen LogP contribution is -2.63. The lowest BCUT2D eigenvalue weighted by atomic mass is 9.65. The number of aliphatic hydroxyl groups is 1. The molecule has 0 aromatic heterocycles. The summed E-state index contributed by atoms with van der Waals surface area (Å²) in [4.78, 5) is 2.66. The summed E-state index contributed by atoms with van der Waals surface area (Å²) in [5.41, 5.74) is 2.45. The van der Waals surface area contributed by atoms with Crippen LogP contribution < -0.4 is 0 Å². The Hall–Kier alpha value is -1.64. The highest BCUT2D eigenvalue weighted by atomic mass is 16.3. The number of hydrogen-bond acceptors (Lipinski definition) is 2. The van der Waals surface area contributed by atoms with Gasteiger partial charge in [0.25, 0.3) is 0 Å². The maximum atomic E-state index is 11.3. The van der Waals surface area contributed by atoms with E-state index in [0.29, 0.717) is 0 Å². The molecule has 2 nitrogen and oxygen atoms in total. The predicted octanol–water partition coefficient (Wildman–Crippen LogP) is 4.57. The molecule has 0 amide bonds. The summed E-state index contributed by atoms with van der Waals surface area (Å²) in [5.74, 6) is 0. The van der Waals surface area contributed by atoms with Crippen LogP contribution in [0, 0.1) is 0 Å². The van der Waals surface area contributed by atoms with Crippen molar-refractivity contribution in [2.24, 2.45) is 0 Å². The first-order chi connectivity index (χ1) is 12.4. The van der Waals surface area contributed by atoms with Gasteiger partial charge in [-0.2, -0.15) is 0 Å². The zero-order valence-corrected chi connectivity index (χ0v) is 16.1. The van der Waals surface area contributed by atoms with Gasteiger partial charge in [-0.25, -0.2) is 0 Å². The van der Waals surface area contributed by atoms with Gasteiger partial charge in [-0.1, -0.05) is 67.6 Å². The van der Waals surface area contributed by atoms with Crippen molar-refractivity contribution in [1.82, 2.24) is 4.90 Å². The van der Waals surface area contributed by atoms with E-state index >= 15 is 0 Å². The van der Waals surface area contributed by atoms with Gasteiger partial charge >= 0.3 is 0 Å². The minimum atomic E-state index is -0.576. The van der Waals surface area contributed by atoms with Gasteiger partial charge in [0.05, 0.1) is 5.60 Å². The molecule has 2 saturated heterocycles. The molecule has 2 fully saturated rings. The maximum Gasteiger partial charge on any atom is 0.0717 e. The van der Waals surface area contributed by atoms with Gasteiger partial charge in [-0.3, -0.25) is 4.90 Å². The average molecular weight is 350 g/mol. The monoisotopic (exact) mass is 349 g/mol. The molecule has 2 aromatic rings. The van der Waals surface area contributed by atoms with Crippen molar-refractivity contribution in [3.63, 3.8) is 0 Å². The molecule has 138 valence electrons. The zero-order chi connectivity index (χ0) is 18.3. The van der Waals surface area contributed by atoms with Gasteiger partial charge < -0.3 is 5.11 Å². The zero-order valence-electron chi connectivity index (χ0n) is 16.1. The molecule has 2 heterocycles. The minimum Gasteiger partial charge on any atom is -0.389 e. The second-order valence-electron chi connectivity index (χ2n) is 9.16. The van der Waals surface area contributed by atoms with Crippen molar-refractivity contribution in [2.45, 2.75) is 62.5 Å². The number of piperidine rings is 2. The van der Waals surface area contributed by atoms with E-state index in [2.05, 4.69) is 73.3 Å². The van der Waals surface area contributed by atoms with Crippen LogP contribution in [0.2, 0.25) is 0 Å². The van der Waals surface area contributed by atoms with E-state index in [9.17, 15) is 5.11 Å². The molecule has 0 saturated carbocycles. The molecule has 0 aliphatic carbocycles. The van der Waals surface area contributed by atoms with Crippen LogP contribution in [0.4, 0.5) is 0 Å². The van der Waals surface area contributed by atoms with Crippen molar-refractivity contribution in [3.8, 4) is 0 Å². The Balaban J connectivity index is 1.51. The summed E-state index contributed by atoms with van der Waals surface area (Å²) in [5, 5.41) is 11.3. The fourth-order valence-electron chi connectivity index (χ4n) is 5.29. The highest BCUT2D eigenvalue weighted by molar-refractivity contribution is 5.27. The van der Waals surface area contributed by atoms with Crippen LogP contribution in [0.15, 0.2) is 60.7 Å². The molecule has 4 rings (SSSR count). The fraction of sp³-hybridized carbons (Fsp3) is 0.500. The van der Waals surface area contributed by atoms with Crippen molar-refractivity contribution >= 4 is 0 Å². The molecule has 1 N–H and O–H groups in total. The summed E-state index contributed by atoms with van der Waals surface area (Å²) in [6, 6.07) is 21.4. The number of benzene rings is 2. The van der Waals surface area contributed by atoms with E-state index in [0.717, 1.165) is 38.8 Å². The Bertz CT molecular complexity index is 745. The summed E-state index contributed by atoms with van der Waals surface area (Å²) in [7, 11) is 0. The predicted molar refractivity (Wildman–Crippen MR) is 107 cm³/mol.